The van der Waals surface area contributed by atoms with E-state index in [1.165, 1.54) is 6.07 Å². The third-order valence-corrected chi connectivity index (χ3v) is 4.30. The van der Waals surface area contributed by atoms with Crippen molar-refractivity contribution in [2.45, 2.75) is 25.9 Å². The van der Waals surface area contributed by atoms with Crippen LogP contribution in [-0.2, 0) is 0 Å². The Morgan fingerprint density at radius 2 is 1.80 bits per heavy atom. The lowest BCUT2D eigenvalue weighted by Gasteiger charge is -2.40. The minimum atomic E-state index is -0.226. The number of piperazine rings is 1. The molecule has 1 aliphatic rings. The lowest BCUT2D eigenvalue weighted by Crippen LogP contribution is -2.51. The fourth-order valence-electron chi connectivity index (χ4n) is 2.81. The van der Waals surface area contributed by atoms with E-state index in [0.29, 0.717) is 23.2 Å². The Labute approximate surface area is 125 Å². The molecular weight excluding hydrogens is 277 g/mol. The monoisotopic (exact) mass is 299 g/mol. The van der Waals surface area contributed by atoms with Crippen LogP contribution >= 0.6 is 11.6 Å². The lowest BCUT2D eigenvalue weighted by molar-refractivity contribution is 0.0791. The van der Waals surface area contributed by atoms with E-state index in [4.69, 9.17) is 17.3 Å². The van der Waals surface area contributed by atoms with Gasteiger partial charge < -0.3 is 5.73 Å². The van der Waals surface area contributed by atoms with E-state index in [1.54, 1.807) is 12.1 Å². The summed E-state index contributed by atoms with van der Waals surface area (Å²) in [7, 11) is 0. The maximum Gasteiger partial charge on any atom is 0.128 e. The molecule has 1 aromatic rings. The lowest BCUT2D eigenvalue weighted by atomic mass is 10.0. The molecule has 0 radical (unpaired) electrons. The number of benzene rings is 1. The number of rotatable bonds is 4. The van der Waals surface area contributed by atoms with Gasteiger partial charge in [-0.05, 0) is 32.0 Å². The standard InChI is InChI=1S/C15H23ClFN3/c1-11(2)19-5-7-20(8-6-19)15(10-18)13-9-12(16)3-4-14(13)17/h3-4,9,11,15H,5-8,10,18H2,1-2H3. The Morgan fingerprint density at radius 1 is 1.20 bits per heavy atom. The van der Waals surface area contributed by atoms with Crippen LogP contribution < -0.4 is 5.73 Å². The van der Waals surface area contributed by atoms with Crippen LogP contribution in [0, 0.1) is 5.82 Å². The normalized spacial score (nSPS) is 19.5. The number of nitrogens with two attached hydrogens (primary N) is 1. The molecule has 0 aliphatic carbocycles. The second-order valence-electron chi connectivity index (χ2n) is 5.58. The van der Waals surface area contributed by atoms with Gasteiger partial charge in [0.25, 0.3) is 0 Å². The van der Waals surface area contributed by atoms with Crippen molar-refractivity contribution in [2.75, 3.05) is 32.7 Å². The average Bonchev–Trinajstić information content (AvgIpc) is 2.44. The van der Waals surface area contributed by atoms with Crippen molar-refractivity contribution < 1.29 is 4.39 Å². The van der Waals surface area contributed by atoms with E-state index in [-0.39, 0.29) is 11.9 Å². The SMILES string of the molecule is CC(C)N1CCN(C(CN)c2cc(Cl)ccc2F)CC1. The molecule has 0 bridgehead atoms. The summed E-state index contributed by atoms with van der Waals surface area (Å²) in [4.78, 5) is 4.69. The van der Waals surface area contributed by atoms with Gasteiger partial charge in [-0.1, -0.05) is 11.6 Å². The van der Waals surface area contributed by atoms with E-state index in [0.717, 1.165) is 26.2 Å². The highest BCUT2D eigenvalue weighted by Gasteiger charge is 2.26. The molecule has 2 rings (SSSR count). The molecule has 1 atom stereocenters. The number of nitrogens with zero attached hydrogens (tertiary/aromatic N) is 2. The Balaban J connectivity index is 2.11. The Kier molecular flexibility index (Phi) is 5.38. The molecule has 2 N–H and O–H groups in total. The zero-order valence-electron chi connectivity index (χ0n) is 12.1. The first-order chi connectivity index (χ1) is 9.52. The van der Waals surface area contributed by atoms with Crippen LogP contribution in [0.15, 0.2) is 18.2 Å². The van der Waals surface area contributed by atoms with E-state index in [9.17, 15) is 4.39 Å². The molecule has 1 aliphatic heterocycles. The second-order valence-corrected chi connectivity index (χ2v) is 6.02. The average molecular weight is 300 g/mol. The molecule has 0 aromatic heterocycles. The predicted octanol–water partition coefficient (Wildman–Crippen LogP) is 2.50. The molecule has 5 heteroatoms. The first-order valence-corrected chi connectivity index (χ1v) is 7.54. The Bertz CT molecular complexity index is 445. The quantitative estimate of drug-likeness (QED) is 0.927. The van der Waals surface area contributed by atoms with E-state index in [2.05, 4.69) is 23.6 Å². The van der Waals surface area contributed by atoms with Crippen molar-refractivity contribution in [1.29, 1.82) is 0 Å². The summed E-state index contributed by atoms with van der Waals surface area (Å²) in [5.41, 5.74) is 6.49. The molecular formula is C15H23ClFN3. The third kappa shape index (κ3) is 3.50. The Morgan fingerprint density at radius 3 is 2.35 bits per heavy atom. The van der Waals surface area contributed by atoms with Gasteiger partial charge in [-0.2, -0.15) is 0 Å². The first-order valence-electron chi connectivity index (χ1n) is 7.16. The fraction of sp³-hybridized carbons (Fsp3) is 0.600. The van der Waals surface area contributed by atoms with Gasteiger partial charge in [0.2, 0.25) is 0 Å². The van der Waals surface area contributed by atoms with Crippen molar-refractivity contribution >= 4 is 11.6 Å². The second kappa shape index (κ2) is 6.85. The van der Waals surface area contributed by atoms with Crippen molar-refractivity contribution in [1.82, 2.24) is 9.80 Å². The summed E-state index contributed by atoms with van der Waals surface area (Å²) in [6, 6.07) is 5.15. The summed E-state index contributed by atoms with van der Waals surface area (Å²) in [6.45, 7) is 8.61. The molecule has 112 valence electrons. The molecule has 20 heavy (non-hydrogen) atoms. The van der Waals surface area contributed by atoms with Gasteiger partial charge in [0.05, 0.1) is 6.04 Å². The highest BCUT2D eigenvalue weighted by atomic mass is 35.5. The van der Waals surface area contributed by atoms with Gasteiger partial charge in [0.15, 0.2) is 0 Å². The molecule has 0 amide bonds. The molecule has 1 fully saturated rings. The van der Waals surface area contributed by atoms with Crippen molar-refractivity contribution in [3.63, 3.8) is 0 Å². The van der Waals surface area contributed by atoms with Crippen LogP contribution in [0.4, 0.5) is 4.39 Å². The predicted molar refractivity (Wildman–Crippen MR) is 81.5 cm³/mol. The molecule has 1 unspecified atom stereocenters. The molecule has 0 saturated carbocycles. The van der Waals surface area contributed by atoms with Gasteiger partial charge in [-0.25, -0.2) is 4.39 Å². The van der Waals surface area contributed by atoms with E-state index >= 15 is 0 Å². The van der Waals surface area contributed by atoms with Gasteiger partial charge in [0, 0.05) is 49.4 Å². The Hall–Kier alpha value is -0.680. The summed E-state index contributed by atoms with van der Waals surface area (Å²) in [6.07, 6.45) is 0. The van der Waals surface area contributed by atoms with Crippen molar-refractivity contribution in [3.8, 4) is 0 Å². The van der Waals surface area contributed by atoms with Crippen LogP contribution in [0.25, 0.3) is 0 Å². The molecule has 3 nitrogen and oxygen atoms in total. The molecule has 0 spiro atoms. The van der Waals surface area contributed by atoms with Crippen LogP contribution in [0.1, 0.15) is 25.5 Å². The van der Waals surface area contributed by atoms with Crippen LogP contribution in [0.2, 0.25) is 5.02 Å². The first kappa shape index (κ1) is 15.7. The van der Waals surface area contributed by atoms with Gasteiger partial charge >= 0.3 is 0 Å². The van der Waals surface area contributed by atoms with Gasteiger partial charge in [-0.3, -0.25) is 9.80 Å². The van der Waals surface area contributed by atoms with Crippen molar-refractivity contribution in [2.24, 2.45) is 5.73 Å². The highest BCUT2D eigenvalue weighted by molar-refractivity contribution is 6.30. The van der Waals surface area contributed by atoms with Crippen molar-refractivity contribution in [3.05, 3.63) is 34.6 Å². The highest BCUT2D eigenvalue weighted by Crippen LogP contribution is 2.26. The zero-order chi connectivity index (χ0) is 14.7. The molecule has 1 saturated heterocycles. The topological polar surface area (TPSA) is 32.5 Å². The maximum absolute atomic E-state index is 14.0. The van der Waals surface area contributed by atoms with Crippen LogP contribution in [0.5, 0.6) is 0 Å². The van der Waals surface area contributed by atoms with Crippen LogP contribution in [-0.4, -0.2) is 48.6 Å². The maximum atomic E-state index is 14.0. The smallest absolute Gasteiger partial charge is 0.128 e. The summed E-state index contributed by atoms with van der Waals surface area (Å²) in [5.74, 6) is -0.226. The minimum Gasteiger partial charge on any atom is -0.329 e. The van der Waals surface area contributed by atoms with Crippen LogP contribution in [0.3, 0.4) is 0 Å². The molecule has 1 heterocycles. The van der Waals surface area contributed by atoms with Gasteiger partial charge in [-0.15, -0.1) is 0 Å². The number of hydrogen-bond acceptors (Lipinski definition) is 3. The summed E-state index contributed by atoms with van der Waals surface area (Å²) in [5, 5.41) is 0.556. The summed E-state index contributed by atoms with van der Waals surface area (Å²) >= 11 is 5.99. The van der Waals surface area contributed by atoms with E-state index < -0.39 is 0 Å². The third-order valence-electron chi connectivity index (χ3n) is 4.06. The van der Waals surface area contributed by atoms with Gasteiger partial charge in [0.1, 0.15) is 5.82 Å². The number of halogens is 2. The number of hydrogen-bond donors (Lipinski definition) is 1. The zero-order valence-corrected chi connectivity index (χ0v) is 12.9. The largest absolute Gasteiger partial charge is 0.329 e. The molecule has 1 aromatic carbocycles. The summed E-state index contributed by atoms with van der Waals surface area (Å²) < 4.78 is 14.0. The fourth-order valence-corrected chi connectivity index (χ4v) is 2.99. The minimum absolute atomic E-state index is 0.0944. The van der Waals surface area contributed by atoms with E-state index in [1.807, 2.05) is 0 Å².